The van der Waals surface area contributed by atoms with E-state index in [0.717, 1.165) is 17.8 Å². The summed E-state index contributed by atoms with van der Waals surface area (Å²) in [7, 11) is 0. The second kappa shape index (κ2) is 8.06. The first-order valence-electron chi connectivity index (χ1n) is 6.66. The Morgan fingerprint density at radius 1 is 1.26 bits per heavy atom. The fraction of sp³-hybridized carbons (Fsp3) is 0.750. The molecule has 0 aliphatic rings. The van der Waals surface area contributed by atoms with Gasteiger partial charge in [0.2, 0.25) is 5.13 Å². The van der Waals surface area contributed by atoms with Gasteiger partial charge in [-0.2, -0.15) is 0 Å². The maximum absolute atomic E-state index is 11.7. The SMILES string of the molecule is CCC(CO)NC(=O)Nc1nnc(C(CC)CC)s1. The Balaban J connectivity index is 2.56. The van der Waals surface area contributed by atoms with E-state index in [1.54, 1.807) is 0 Å². The van der Waals surface area contributed by atoms with Crippen molar-refractivity contribution in [3.8, 4) is 0 Å². The number of aromatic nitrogens is 2. The number of nitrogens with one attached hydrogen (secondary N) is 2. The van der Waals surface area contributed by atoms with Gasteiger partial charge in [0.25, 0.3) is 0 Å². The number of hydrogen-bond acceptors (Lipinski definition) is 5. The third-order valence-corrected chi connectivity index (χ3v) is 4.05. The first kappa shape index (κ1) is 15.8. The molecular weight excluding hydrogens is 264 g/mol. The van der Waals surface area contributed by atoms with E-state index in [0.29, 0.717) is 17.5 Å². The minimum Gasteiger partial charge on any atom is -0.394 e. The lowest BCUT2D eigenvalue weighted by Gasteiger charge is -2.13. The van der Waals surface area contributed by atoms with Crippen molar-refractivity contribution >= 4 is 22.5 Å². The van der Waals surface area contributed by atoms with Gasteiger partial charge in [-0.1, -0.05) is 32.1 Å². The zero-order valence-corrected chi connectivity index (χ0v) is 12.5. The average Bonchev–Trinajstić information content (AvgIpc) is 2.85. The molecule has 1 atom stereocenters. The average molecular weight is 286 g/mol. The molecule has 0 aliphatic carbocycles. The van der Waals surface area contributed by atoms with E-state index in [2.05, 4.69) is 34.7 Å². The molecule has 108 valence electrons. The lowest BCUT2D eigenvalue weighted by Crippen LogP contribution is -2.39. The molecule has 0 saturated heterocycles. The number of rotatable bonds is 7. The molecular formula is C12H22N4O2S. The van der Waals surface area contributed by atoms with Gasteiger partial charge in [0.15, 0.2) is 0 Å². The lowest BCUT2D eigenvalue weighted by molar-refractivity contribution is 0.222. The van der Waals surface area contributed by atoms with Crippen molar-refractivity contribution in [3.63, 3.8) is 0 Å². The summed E-state index contributed by atoms with van der Waals surface area (Å²) in [6.07, 6.45) is 2.71. The molecule has 0 aromatic carbocycles. The predicted octanol–water partition coefficient (Wildman–Crippen LogP) is 2.33. The summed E-state index contributed by atoms with van der Waals surface area (Å²) < 4.78 is 0. The van der Waals surface area contributed by atoms with Crippen LogP contribution >= 0.6 is 11.3 Å². The summed E-state index contributed by atoms with van der Waals surface area (Å²) in [5, 5.41) is 23.9. The highest BCUT2D eigenvalue weighted by Gasteiger charge is 2.15. The normalized spacial score (nSPS) is 12.5. The van der Waals surface area contributed by atoms with E-state index in [-0.39, 0.29) is 18.7 Å². The van der Waals surface area contributed by atoms with E-state index >= 15 is 0 Å². The monoisotopic (exact) mass is 286 g/mol. The van der Waals surface area contributed by atoms with Gasteiger partial charge in [0.1, 0.15) is 5.01 Å². The van der Waals surface area contributed by atoms with Crippen LogP contribution in [0.15, 0.2) is 0 Å². The zero-order valence-electron chi connectivity index (χ0n) is 11.6. The molecule has 0 saturated carbocycles. The van der Waals surface area contributed by atoms with Crippen molar-refractivity contribution in [1.82, 2.24) is 15.5 Å². The molecule has 7 heteroatoms. The molecule has 0 fully saturated rings. The lowest BCUT2D eigenvalue weighted by atomic mass is 10.1. The third-order valence-electron chi connectivity index (χ3n) is 3.04. The number of hydrogen-bond donors (Lipinski definition) is 3. The van der Waals surface area contributed by atoms with Gasteiger partial charge in [0.05, 0.1) is 12.6 Å². The summed E-state index contributed by atoms with van der Waals surface area (Å²) in [6.45, 7) is 6.06. The van der Waals surface area contributed by atoms with Gasteiger partial charge in [-0.25, -0.2) is 4.79 Å². The molecule has 1 aromatic rings. The standard InChI is InChI=1S/C12H22N4O2S/c1-4-8(5-2)10-15-16-12(19-10)14-11(18)13-9(6-3)7-17/h8-9,17H,4-7H2,1-3H3,(H2,13,14,16,18). The van der Waals surface area contributed by atoms with Crippen LogP contribution < -0.4 is 10.6 Å². The Hall–Kier alpha value is -1.21. The number of aliphatic hydroxyl groups is 1. The molecule has 0 aliphatic heterocycles. The highest BCUT2D eigenvalue weighted by atomic mass is 32.1. The van der Waals surface area contributed by atoms with Crippen LogP contribution in [0, 0.1) is 0 Å². The van der Waals surface area contributed by atoms with Crippen molar-refractivity contribution < 1.29 is 9.90 Å². The first-order valence-corrected chi connectivity index (χ1v) is 7.47. The molecule has 1 unspecified atom stereocenters. The van der Waals surface area contributed by atoms with E-state index in [1.807, 2.05) is 6.92 Å². The summed E-state index contributed by atoms with van der Waals surface area (Å²) in [6, 6.07) is -0.584. The molecule has 3 N–H and O–H groups in total. The van der Waals surface area contributed by atoms with Crippen molar-refractivity contribution in [3.05, 3.63) is 5.01 Å². The van der Waals surface area contributed by atoms with E-state index in [1.165, 1.54) is 11.3 Å². The highest BCUT2D eigenvalue weighted by molar-refractivity contribution is 7.15. The maximum atomic E-state index is 11.7. The van der Waals surface area contributed by atoms with Crippen LogP contribution in [0.3, 0.4) is 0 Å². The van der Waals surface area contributed by atoms with Crippen LogP contribution in [-0.2, 0) is 0 Å². The number of carbonyl (C=O) groups excluding carboxylic acids is 1. The van der Waals surface area contributed by atoms with Crippen LogP contribution in [0.25, 0.3) is 0 Å². The Labute approximate surface area is 117 Å². The number of urea groups is 1. The summed E-state index contributed by atoms with van der Waals surface area (Å²) >= 11 is 1.40. The summed E-state index contributed by atoms with van der Waals surface area (Å²) in [5.41, 5.74) is 0. The van der Waals surface area contributed by atoms with Crippen LogP contribution in [0.5, 0.6) is 0 Å². The topological polar surface area (TPSA) is 87.1 Å². The van der Waals surface area contributed by atoms with Gasteiger partial charge in [0, 0.05) is 5.92 Å². The smallest absolute Gasteiger partial charge is 0.321 e. The van der Waals surface area contributed by atoms with Crippen LogP contribution in [0.2, 0.25) is 0 Å². The number of anilines is 1. The predicted molar refractivity (Wildman–Crippen MR) is 76.6 cm³/mol. The molecule has 1 aromatic heterocycles. The minimum atomic E-state index is -0.354. The van der Waals surface area contributed by atoms with Gasteiger partial charge in [-0.05, 0) is 19.3 Å². The number of nitrogens with zero attached hydrogens (tertiary/aromatic N) is 2. The van der Waals surface area contributed by atoms with E-state index in [9.17, 15) is 4.79 Å². The molecule has 0 spiro atoms. The highest BCUT2D eigenvalue weighted by Crippen LogP contribution is 2.27. The number of aliphatic hydroxyl groups excluding tert-OH is 1. The molecule has 6 nitrogen and oxygen atoms in total. The van der Waals surface area contributed by atoms with Gasteiger partial charge >= 0.3 is 6.03 Å². The molecule has 0 bridgehead atoms. The maximum Gasteiger partial charge on any atom is 0.321 e. The van der Waals surface area contributed by atoms with Crippen LogP contribution in [-0.4, -0.2) is 34.0 Å². The molecule has 19 heavy (non-hydrogen) atoms. The Morgan fingerprint density at radius 3 is 2.47 bits per heavy atom. The van der Waals surface area contributed by atoms with Gasteiger partial charge in [-0.15, -0.1) is 10.2 Å². The number of carbonyl (C=O) groups is 1. The molecule has 1 heterocycles. The third kappa shape index (κ3) is 4.76. The van der Waals surface area contributed by atoms with Crippen LogP contribution in [0.4, 0.5) is 9.93 Å². The van der Waals surface area contributed by atoms with Gasteiger partial charge < -0.3 is 10.4 Å². The van der Waals surface area contributed by atoms with Gasteiger partial charge in [-0.3, -0.25) is 5.32 Å². The van der Waals surface area contributed by atoms with E-state index < -0.39 is 0 Å². The molecule has 0 radical (unpaired) electrons. The quantitative estimate of drug-likeness (QED) is 0.718. The summed E-state index contributed by atoms with van der Waals surface area (Å²) in [4.78, 5) is 11.7. The summed E-state index contributed by atoms with van der Waals surface area (Å²) in [5.74, 6) is 0.400. The minimum absolute atomic E-state index is 0.0704. The Kier molecular flexibility index (Phi) is 6.72. The van der Waals surface area contributed by atoms with E-state index in [4.69, 9.17) is 5.11 Å². The second-order valence-electron chi connectivity index (χ2n) is 4.35. The molecule has 2 amide bonds. The van der Waals surface area contributed by atoms with Crippen molar-refractivity contribution in [2.45, 2.75) is 52.0 Å². The largest absolute Gasteiger partial charge is 0.394 e. The number of amides is 2. The Bertz CT molecular complexity index is 389. The van der Waals surface area contributed by atoms with Crippen molar-refractivity contribution in [2.75, 3.05) is 11.9 Å². The Morgan fingerprint density at radius 2 is 1.95 bits per heavy atom. The fourth-order valence-electron chi connectivity index (χ4n) is 1.68. The molecule has 1 rings (SSSR count). The van der Waals surface area contributed by atoms with Crippen molar-refractivity contribution in [2.24, 2.45) is 0 Å². The zero-order chi connectivity index (χ0) is 14.3. The first-order chi connectivity index (χ1) is 9.14. The van der Waals surface area contributed by atoms with Crippen LogP contribution in [0.1, 0.15) is 51.0 Å². The second-order valence-corrected chi connectivity index (χ2v) is 5.35. The van der Waals surface area contributed by atoms with Crippen molar-refractivity contribution in [1.29, 1.82) is 0 Å². The fourth-order valence-corrected chi connectivity index (χ4v) is 2.69.